The average Bonchev–Trinajstić information content (AvgIpc) is 2.74. The van der Waals surface area contributed by atoms with Gasteiger partial charge in [-0.25, -0.2) is 0 Å². The topological polar surface area (TPSA) is 29.3 Å². The van der Waals surface area contributed by atoms with Gasteiger partial charge in [0.2, 0.25) is 0 Å². The normalized spacial score (nSPS) is 10.7. The summed E-state index contributed by atoms with van der Waals surface area (Å²) in [5, 5.41) is 0. The summed E-state index contributed by atoms with van der Waals surface area (Å²) >= 11 is 11.1. The number of benzene rings is 1. The van der Waals surface area contributed by atoms with Gasteiger partial charge < -0.3 is 10.6 Å². The fourth-order valence-electron chi connectivity index (χ4n) is 1.74. The Morgan fingerprint density at radius 2 is 2.11 bits per heavy atom. The van der Waals surface area contributed by atoms with Crippen molar-refractivity contribution in [3.8, 4) is 0 Å². The molecule has 1 heterocycles. The molecule has 0 bridgehead atoms. The van der Waals surface area contributed by atoms with Crippen LogP contribution in [0, 0.1) is 0 Å². The second kappa shape index (κ2) is 6.06. The molecule has 0 saturated heterocycles. The molecular formula is C13H14BrClN2S. The smallest absolute Gasteiger partial charge is 0.0931 e. The van der Waals surface area contributed by atoms with Gasteiger partial charge in [0.15, 0.2) is 0 Å². The highest BCUT2D eigenvalue weighted by molar-refractivity contribution is 9.10. The molecule has 0 fully saturated rings. The van der Waals surface area contributed by atoms with Crippen molar-refractivity contribution in [3.63, 3.8) is 0 Å². The van der Waals surface area contributed by atoms with E-state index in [0.717, 1.165) is 26.6 Å². The van der Waals surface area contributed by atoms with Crippen LogP contribution in [0.3, 0.4) is 0 Å². The Kier molecular flexibility index (Phi) is 4.67. The summed E-state index contributed by atoms with van der Waals surface area (Å²) in [7, 11) is 2.07. The van der Waals surface area contributed by atoms with Gasteiger partial charge in [-0.15, -0.1) is 11.3 Å². The summed E-state index contributed by atoms with van der Waals surface area (Å²) < 4.78 is 1.89. The Labute approximate surface area is 124 Å². The van der Waals surface area contributed by atoms with E-state index in [0.29, 0.717) is 6.54 Å². The summed E-state index contributed by atoms with van der Waals surface area (Å²) in [6.07, 6.45) is 0. The van der Waals surface area contributed by atoms with Gasteiger partial charge >= 0.3 is 0 Å². The van der Waals surface area contributed by atoms with Gasteiger partial charge in [0, 0.05) is 22.9 Å². The van der Waals surface area contributed by atoms with Crippen LogP contribution in [-0.2, 0) is 13.1 Å². The molecule has 0 radical (unpaired) electrons. The second-order valence-corrected chi connectivity index (χ2v) is 6.71. The number of rotatable bonds is 4. The van der Waals surface area contributed by atoms with Crippen molar-refractivity contribution in [3.05, 3.63) is 49.6 Å². The first kappa shape index (κ1) is 13.9. The van der Waals surface area contributed by atoms with E-state index in [-0.39, 0.29) is 0 Å². The van der Waals surface area contributed by atoms with Crippen LogP contribution >= 0.6 is 38.9 Å². The van der Waals surface area contributed by atoms with E-state index in [1.54, 1.807) is 11.3 Å². The third-order valence-corrected chi connectivity index (χ3v) is 4.53. The van der Waals surface area contributed by atoms with Gasteiger partial charge in [-0.3, -0.25) is 0 Å². The zero-order valence-corrected chi connectivity index (χ0v) is 13.1. The Hall–Kier alpha value is -0.550. The molecular weight excluding hydrogens is 332 g/mol. The zero-order chi connectivity index (χ0) is 13.1. The molecule has 2 N–H and O–H groups in total. The molecule has 96 valence electrons. The van der Waals surface area contributed by atoms with Crippen molar-refractivity contribution in [2.24, 2.45) is 5.73 Å². The summed E-state index contributed by atoms with van der Waals surface area (Å²) in [5.41, 5.74) is 7.90. The zero-order valence-electron chi connectivity index (χ0n) is 9.99. The molecule has 2 nitrogen and oxygen atoms in total. The highest BCUT2D eigenvalue weighted by Gasteiger charge is 2.08. The Balaban J connectivity index is 2.15. The number of nitrogens with two attached hydrogens (primary N) is 1. The van der Waals surface area contributed by atoms with E-state index in [1.807, 2.05) is 6.07 Å². The summed E-state index contributed by atoms with van der Waals surface area (Å²) in [5.74, 6) is 0. The van der Waals surface area contributed by atoms with Gasteiger partial charge in [-0.1, -0.05) is 17.7 Å². The molecule has 0 aliphatic carbocycles. The molecule has 0 aliphatic heterocycles. The maximum atomic E-state index is 5.94. The van der Waals surface area contributed by atoms with Crippen LogP contribution in [0.25, 0.3) is 0 Å². The van der Waals surface area contributed by atoms with E-state index in [4.69, 9.17) is 17.3 Å². The second-order valence-electron chi connectivity index (χ2n) is 4.05. The molecule has 0 saturated carbocycles. The fourth-order valence-corrected chi connectivity index (χ4v) is 3.61. The van der Waals surface area contributed by atoms with Gasteiger partial charge in [0.05, 0.1) is 16.6 Å². The molecule has 0 aliphatic rings. The number of halogens is 2. The molecule has 0 atom stereocenters. The first-order valence-corrected chi connectivity index (χ1v) is 7.52. The summed E-state index contributed by atoms with van der Waals surface area (Å²) in [6, 6.07) is 10.2. The van der Waals surface area contributed by atoms with Crippen molar-refractivity contribution in [2.45, 2.75) is 13.1 Å². The minimum absolute atomic E-state index is 0.559. The van der Waals surface area contributed by atoms with Gasteiger partial charge in [-0.2, -0.15) is 0 Å². The van der Waals surface area contributed by atoms with Crippen LogP contribution in [0.2, 0.25) is 4.34 Å². The van der Waals surface area contributed by atoms with Crippen LogP contribution in [-0.4, -0.2) is 7.05 Å². The van der Waals surface area contributed by atoms with Crippen molar-refractivity contribution < 1.29 is 0 Å². The van der Waals surface area contributed by atoms with E-state index in [1.165, 1.54) is 4.88 Å². The van der Waals surface area contributed by atoms with Crippen LogP contribution in [0.5, 0.6) is 0 Å². The molecule has 1 aromatic heterocycles. The molecule has 0 amide bonds. The first-order valence-electron chi connectivity index (χ1n) is 5.54. The number of nitrogens with zero attached hydrogens (tertiary/aromatic N) is 1. The van der Waals surface area contributed by atoms with Gasteiger partial charge in [0.1, 0.15) is 0 Å². The Morgan fingerprint density at radius 3 is 2.67 bits per heavy atom. The molecule has 18 heavy (non-hydrogen) atoms. The molecule has 0 spiro atoms. The lowest BCUT2D eigenvalue weighted by atomic mass is 10.2. The van der Waals surface area contributed by atoms with E-state index in [9.17, 15) is 0 Å². The molecule has 1 aromatic carbocycles. The quantitative estimate of drug-likeness (QED) is 0.897. The van der Waals surface area contributed by atoms with Crippen LogP contribution in [0.4, 0.5) is 5.69 Å². The highest BCUT2D eigenvalue weighted by atomic mass is 79.9. The lowest BCUT2D eigenvalue weighted by Crippen LogP contribution is -2.16. The summed E-state index contributed by atoms with van der Waals surface area (Å²) in [6.45, 7) is 1.40. The largest absolute Gasteiger partial charge is 0.369 e. The van der Waals surface area contributed by atoms with Crippen LogP contribution < -0.4 is 10.6 Å². The summed E-state index contributed by atoms with van der Waals surface area (Å²) in [4.78, 5) is 3.43. The first-order chi connectivity index (χ1) is 8.60. The molecule has 5 heteroatoms. The van der Waals surface area contributed by atoms with Crippen molar-refractivity contribution in [1.29, 1.82) is 0 Å². The maximum absolute atomic E-state index is 5.94. The lowest BCUT2D eigenvalue weighted by Gasteiger charge is -2.20. The average molecular weight is 346 g/mol. The number of thiophene rings is 1. The monoisotopic (exact) mass is 344 g/mol. The number of hydrogen-bond donors (Lipinski definition) is 1. The standard InChI is InChI=1S/C13H14BrClN2S/c1-17(8-10-3-5-13(15)18-10)12-4-2-9(7-16)6-11(12)14/h2-6H,7-8,16H2,1H3. The Morgan fingerprint density at radius 1 is 1.33 bits per heavy atom. The predicted molar refractivity (Wildman–Crippen MR) is 83.5 cm³/mol. The Bertz CT molecular complexity index is 542. The fraction of sp³-hybridized carbons (Fsp3) is 0.231. The minimum Gasteiger partial charge on any atom is -0.369 e. The molecule has 2 aromatic rings. The van der Waals surface area contributed by atoms with Crippen LogP contribution in [0.1, 0.15) is 10.4 Å². The van der Waals surface area contributed by atoms with E-state index >= 15 is 0 Å². The van der Waals surface area contributed by atoms with E-state index < -0.39 is 0 Å². The third-order valence-electron chi connectivity index (χ3n) is 2.68. The van der Waals surface area contributed by atoms with Crippen LogP contribution in [0.15, 0.2) is 34.8 Å². The molecule has 2 rings (SSSR count). The van der Waals surface area contributed by atoms with Gasteiger partial charge in [0.25, 0.3) is 0 Å². The minimum atomic E-state index is 0.559. The van der Waals surface area contributed by atoms with Crippen molar-refractivity contribution >= 4 is 44.6 Å². The predicted octanol–water partition coefficient (Wildman–Crippen LogP) is 4.26. The number of hydrogen-bond acceptors (Lipinski definition) is 3. The van der Waals surface area contributed by atoms with Crippen molar-refractivity contribution in [1.82, 2.24) is 0 Å². The SMILES string of the molecule is CN(Cc1ccc(Cl)s1)c1ccc(CN)cc1Br. The maximum Gasteiger partial charge on any atom is 0.0931 e. The highest BCUT2D eigenvalue weighted by Crippen LogP contribution is 2.29. The van der Waals surface area contributed by atoms with Crippen molar-refractivity contribution in [2.75, 3.05) is 11.9 Å². The lowest BCUT2D eigenvalue weighted by molar-refractivity contribution is 0.934. The van der Waals surface area contributed by atoms with Gasteiger partial charge in [-0.05, 0) is 45.8 Å². The van der Waals surface area contributed by atoms with E-state index in [2.05, 4.69) is 52.1 Å². The third kappa shape index (κ3) is 3.26. The molecule has 0 unspecified atom stereocenters. The number of anilines is 1.